The first-order chi connectivity index (χ1) is 28.3. The van der Waals surface area contributed by atoms with E-state index in [0.29, 0.717) is 17.6 Å². The highest BCUT2D eigenvalue weighted by Gasteiger charge is 2.23. The minimum atomic E-state index is 0.580. The van der Waals surface area contributed by atoms with Gasteiger partial charge in [0.25, 0.3) is 0 Å². The van der Waals surface area contributed by atoms with Crippen molar-refractivity contribution in [1.82, 2.24) is 24.1 Å². The van der Waals surface area contributed by atoms with Crippen molar-refractivity contribution >= 4 is 75.1 Å². The van der Waals surface area contributed by atoms with Crippen LogP contribution < -0.4 is 0 Å². The van der Waals surface area contributed by atoms with Gasteiger partial charge in [0.05, 0.1) is 22.1 Å². The number of para-hydroxylation sites is 2. The number of benzene rings is 8. The van der Waals surface area contributed by atoms with Crippen molar-refractivity contribution in [3.8, 4) is 45.5 Å². The van der Waals surface area contributed by atoms with E-state index >= 15 is 0 Å². The number of hydrogen-bond acceptors (Lipinski definition) is 4. The lowest BCUT2D eigenvalue weighted by atomic mass is 10.0. The van der Waals surface area contributed by atoms with Gasteiger partial charge in [0, 0.05) is 58.5 Å². The zero-order valence-electron chi connectivity index (χ0n) is 30.5. The summed E-state index contributed by atoms with van der Waals surface area (Å²) in [5, 5.41) is 7.22. The number of aromatic nitrogens is 5. The Morgan fingerprint density at radius 2 is 0.947 bits per heavy atom. The van der Waals surface area contributed by atoms with Crippen LogP contribution in [0.3, 0.4) is 0 Å². The lowest BCUT2D eigenvalue weighted by molar-refractivity contribution is 0.955. The SMILES string of the molecule is c1ccc(-c2nc(-c3ccccc3)nc(-n3c4ccccc4c4ccc5c(c6ccccc6n5-c5cccc(-c6ccc7sc8ccccc8c7c6)c5)c43)n2)cc1. The fraction of sp³-hybridized carbons (Fsp3) is 0. The second-order valence-corrected chi connectivity index (χ2v) is 15.5. The van der Waals surface area contributed by atoms with Gasteiger partial charge in [0.1, 0.15) is 0 Å². The van der Waals surface area contributed by atoms with Crippen molar-refractivity contribution in [3.05, 3.63) is 188 Å². The van der Waals surface area contributed by atoms with Crippen LogP contribution in [0.5, 0.6) is 0 Å². The minimum Gasteiger partial charge on any atom is -0.309 e. The van der Waals surface area contributed by atoms with Gasteiger partial charge in [0.15, 0.2) is 11.6 Å². The van der Waals surface area contributed by atoms with Crippen LogP contribution in [0.4, 0.5) is 0 Å². The third-order valence-corrected chi connectivity index (χ3v) is 12.3. The normalized spacial score (nSPS) is 11.9. The molecule has 6 heteroatoms. The fourth-order valence-corrected chi connectivity index (χ4v) is 9.71. The Kier molecular flexibility index (Phi) is 7.03. The Balaban J connectivity index is 1.13. The van der Waals surface area contributed by atoms with Crippen LogP contribution in [0.1, 0.15) is 0 Å². The van der Waals surface area contributed by atoms with Crippen LogP contribution >= 0.6 is 11.3 Å². The lowest BCUT2D eigenvalue weighted by Crippen LogP contribution is -2.06. The molecule has 0 radical (unpaired) electrons. The topological polar surface area (TPSA) is 48.5 Å². The molecule has 0 aliphatic heterocycles. The van der Waals surface area contributed by atoms with Crippen molar-refractivity contribution in [2.75, 3.05) is 0 Å². The molecular weight excluding hydrogens is 715 g/mol. The highest BCUT2D eigenvalue weighted by atomic mass is 32.1. The zero-order chi connectivity index (χ0) is 37.5. The predicted molar refractivity (Wildman–Crippen MR) is 238 cm³/mol. The summed E-state index contributed by atoms with van der Waals surface area (Å²) in [5.74, 6) is 1.84. The molecular formula is C51H31N5S. The van der Waals surface area contributed by atoms with Gasteiger partial charge in [-0.05, 0) is 59.7 Å². The molecule has 8 aromatic carbocycles. The zero-order valence-corrected chi connectivity index (χ0v) is 31.4. The maximum atomic E-state index is 5.24. The maximum absolute atomic E-state index is 5.24. The van der Waals surface area contributed by atoms with Crippen molar-refractivity contribution in [2.45, 2.75) is 0 Å². The van der Waals surface area contributed by atoms with Crippen LogP contribution in [0.15, 0.2) is 188 Å². The first-order valence-corrected chi connectivity index (χ1v) is 19.9. The Morgan fingerprint density at radius 3 is 1.70 bits per heavy atom. The van der Waals surface area contributed by atoms with E-state index < -0.39 is 0 Å². The summed E-state index contributed by atoms with van der Waals surface area (Å²) in [5.41, 5.74) is 9.72. The summed E-state index contributed by atoms with van der Waals surface area (Å²) in [6.45, 7) is 0. The summed E-state index contributed by atoms with van der Waals surface area (Å²) >= 11 is 1.85. The number of rotatable bonds is 5. The highest BCUT2D eigenvalue weighted by Crippen LogP contribution is 2.43. The molecule has 0 fully saturated rings. The summed E-state index contributed by atoms with van der Waals surface area (Å²) in [4.78, 5) is 15.5. The molecule has 5 nitrogen and oxygen atoms in total. The average Bonchev–Trinajstić information content (AvgIpc) is 3.94. The van der Waals surface area contributed by atoms with E-state index in [-0.39, 0.29) is 0 Å². The van der Waals surface area contributed by atoms with E-state index in [2.05, 4.69) is 161 Å². The van der Waals surface area contributed by atoms with Gasteiger partial charge in [-0.2, -0.15) is 9.97 Å². The second-order valence-electron chi connectivity index (χ2n) is 14.4. The van der Waals surface area contributed by atoms with Gasteiger partial charge in [-0.25, -0.2) is 4.98 Å². The predicted octanol–water partition coefficient (Wildman–Crippen LogP) is 13.4. The Morgan fingerprint density at radius 1 is 0.351 bits per heavy atom. The molecule has 0 N–H and O–H groups in total. The molecule has 0 saturated heterocycles. The van der Waals surface area contributed by atoms with Crippen LogP contribution in [0.2, 0.25) is 0 Å². The monoisotopic (exact) mass is 745 g/mol. The summed E-state index contributed by atoms with van der Waals surface area (Å²) in [6.07, 6.45) is 0. The summed E-state index contributed by atoms with van der Waals surface area (Å²) < 4.78 is 7.29. The third kappa shape index (κ3) is 4.98. The largest absolute Gasteiger partial charge is 0.309 e. The lowest BCUT2D eigenvalue weighted by Gasteiger charge is -2.12. The van der Waals surface area contributed by atoms with Gasteiger partial charge in [-0.1, -0.05) is 140 Å². The molecule has 12 rings (SSSR count). The summed E-state index contributed by atoms with van der Waals surface area (Å²) in [7, 11) is 0. The summed E-state index contributed by atoms with van der Waals surface area (Å²) in [6, 6.07) is 66.7. The molecule has 0 aliphatic rings. The Hall–Kier alpha value is -7.41. The first-order valence-electron chi connectivity index (χ1n) is 19.1. The van der Waals surface area contributed by atoms with E-state index in [1.807, 2.05) is 47.7 Å². The number of nitrogens with zero attached hydrogens (tertiary/aromatic N) is 5. The molecule has 0 aliphatic carbocycles. The molecule has 57 heavy (non-hydrogen) atoms. The van der Waals surface area contributed by atoms with E-state index in [1.54, 1.807) is 0 Å². The van der Waals surface area contributed by atoms with E-state index in [9.17, 15) is 0 Å². The Bertz CT molecular complexity index is 3470. The Labute approximate surface area is 331 Å². The molecule has 4 aromatic heterocycles. The van der Waals surface area contributed by atoms with Crippen molar-refractivity contribution < 1.29 is 0 Å². The van der Waals surface area contributed by atoms with Crippen LogP contribution in [-0.4, -0.2) is 24.1 Å². The van der Waals surface area contributed by atoms with E-state index in [0.717, 1.165) is 55.0 Å². The van der Waals surface area contributed by atoms with Crippen molar-refractivity contribution in [3.63, 3.8) is 0 Å². The fourth-order valence-electron chi connectivity index (χ4n) is 8.62. The molecule has 266 valence electrons. The van der Waals surface area contributed by atoms with E-state index in [4.69, 9.17) is 15.0 Å². The second kappa shape index (κ2) is 12.6. The molecule has 0 bridgehead atoms. The average molecular weight is 746 g/mol. The number of fused-ring (bicyclic) bond motifs is 10. The number of hydrogen-bond donors (Lipinski definition) is 0. The molecule has 4 heterocycles. The standard InChI is InChI=1S/C51H31N5S/c1-3-14-32(15-4-1)49-52-50(33-16-5-2-6-17-33)54-51(53-49)56-42-23-10-7-20-37(42)39-27-28-44-47(48(39)56)40-22-8-11-24-43(40)55(44)36-19-13-18-34(30-36)35-26-29-46-41(31-35)38-21-9-12-25-45(38)57-46/h1-31H. The van der Waals surface area contributed by atoms with Crippen LogP contribution in [0.25, 0.3) is 109 Å². The number of thiophene rings is 1. The molecule has 0 unspecified atom stereocenters. The third-order valence-electron chi connectivity index (χ3n) is 11.2. The highest BCUT2D eigenvalue weighted by molar-refractivity contribution is 7.25. The van der Waals surface area contributed by atoms with Gasteiger partial charge in [-0.3, -0.25) is 4.57 Å². The van der Waals surface area contributed by atoms with Crippen molar-refractivity contribution in [2.24, 2.45) is 0 Å². The quantitative estimate of drug-likeness (QED) is 0.176. The molecule has 0 atom stereocenters. The first kappa shape index (κ1) is 31.9. The van der Waals surface area contributed by atoms with Crippen molar-refractivity contribution in [1.29, 1.82) is 0 Å². The molecule has 0 spiro atoms. The van der Waals surface area contributed by atoms with Crippen LogP contribution in [0, 0.1) is 0 Å². The van der Waals surface area contributed by atoms with Gasteiger partial charge in [-0.15, -0.1) is 11.3 Å². The maximum Gasteiger partial charge on any atom is 0.238 e. The van der Waals surface area contributed by atoms with Crippen LogP contribution in [-0.2, 0) is 0 Å². The molecule has 12 aromatic rings. The molecule has 0 saturated carbocycles. The molecule has 0 amide bonds. The van der Waals surface area contributed by atoms with E-state index in [1.165, 1.54) is 36.7 Å². The van der Waals surface area contributed by atoms with Gasteiger partial charge in [0.2, 0.25) is 5.95 Å². The van der Waals surface area contributed by atoms with Gasteiger partial charge < -0.3 is 4.57 Å². The smallest absolute Gasteiger partial charge is 0.238 e. The minimum absolute atomic E-state index is 0.580. The van der Waals surface area contributed by atoms with Gasteiger partial charge >= 0.3 is 0 Å².